The van der Waals surface area contributed by atoms with E-state index in [9.17, 15) is 9.18 Å². The van der Waals surface area contributed by atoms with Crippen LogP contribution in [0.2, 0.25) is 0 Å². The smallest absolute Gasteiger partial charge is 0.266 e. The van der Waals surface area contributed by atoms with Crippen molar-refractivity contribution in [2.75, 3.05) is 13.2 Å². The zero-order valence-corrected chi connectivity index (χ0v) is 18.8. The van der Waals surface area contributed by atoms with Crippen molar-refractivity contribution in [3.05, 3.63) is 64.3 Å². The summed E-state index contributed by atoms with van der Waals surface area (Å²) in [4.78, 5) is 14.9. The Hall–Kier alpha value is -2.38. The van der Waals surface area contributed by atoms with Crippen molar-refractivity contribution in [1.29, 1.82) is 0 Å². The Morgan fingerprint density at radius 1 is 1.13 bits per heavy atom. The Balaban J connectivity index is 1.77. The van der Waals surface area contributed by atoms with Crippen molar-refractivity contribution in [2.45, 2.75) is 27.4 Å². The Morgan fingerprint density at radius 2 is 1.87 bits per heavy atom. The predicted molar refractivity (Wildman–Crippen MR) is 123 cm³/mol. The second-order valence-electron chi connectivity index (χ2n) is 7.24. The van der Waals surface area contributed by atoms with E-state index < -0.39 is 0 Å². The molecule has 0 atom stereocenters. The Kier molecular flexibility index (Phi) is 7.50. The van der Waals surface area contributed by atoms with Gasteiger partial charge in [-0.15, -0.1) is 0 Å². The van der Waals surface area contributed by atoms with Gasteiger partial charge in [-0.1, -0.05) is 56.0 Å². The highest BCUT2D eigenvalue weighted by atomic mass is 32.2. The van der Waals surface area contributed by atoms with Crippen LogP contribution in [0.15, 0.2) is 47.4 Å². The Morgan fingerprint density at radius 3 is 2.53 bits per heavy atom. The molecule has 0 radical (unpaired) electrons. The topological polar surface area (TPSA) is 38.8 Å². The predicted octanol–water partition coefficient (Wildman–Crippen LogP) is 5.66. The second kappa shape index (κ2) is 10.1. The molecule has 0 N–H and O–H groups in total. The molecule has 0 aromatic heterocycles. The van der Waals surface area contributed by atoms with E-state index in [-0.39, 0.29) is 11.7 Å². The van der Waals surface area contributed by atoms with E-state index in [0.29, 0.717) is 46.4 Å². The third-order valence-corrected chi connectivity index (χ3v) is 5.67. The number of carbonyl (C=O) groups is 1. The number of halogens is 1. The van der Waals surface area contributed by atoms with Crippen molar-refractivity contribution in [2.24, 2.45) is 5.92 Å². The Labute approximate surface area is 186 Å². The maximum atomic E-state index is 13.1. The first-order valence-corrected chi connectivity index (χ1v) is 11.0. The highest BCUT2D eigenvalue weighted by Crippen LogP contribution is 2.35. The van der Waals surface area contributed by atoms with E-state index in [1.807, 2.05) is 31.2 Å². The van der Waals surface area contributed by atoms with Crippen molar-refractivity contribution >= 4 is 40.3 Å². The molecule has 0 saturated carbocycles. The van der Waals surface area contributed by atoms with Gasteiger partial charge in [0.1, 0.15) is 16.7 Å². The molecule has 2 aromatic carbocycles. The molecular formula is C23H24FNO3S2. The summed E-state index contributed by atoms with van der Waals surface area (Å²) < 4.78 is 25.2. The molecule has 30 heavy (non-hydrogen) atoms. The van der Waals surface area contributed by atoms with E-state index in [1.165, 1.54) is 23.9 Å². The van der Waals surface area contributed by atoms with Crippen LogP contribution < -0.4 is 9.47 Å². The fourth-order valence-electron chi connectivity index (χ4n) is 2.92. The largest absolute Gasteiger partial charge is 0.490 e. The van der Waals surface area contributed by atoms with E-state index >= 15 is 0 Å². The standard InChI is InChI=1S/C23H24FNO3S2/c1-4-27-20-11-17(12-21-22(26)25(13-15(2)3)23(29)30-21)7-10-19(20)28-14-16-5-8-18(24)9-6-16/h5-12,15H,4,13-14H2,1-3H3/b21-12-. The number of benzene rings is 2. The molecule has 0 bridgehead atoms. The maximum Gasteiger partial charge on any atom is 0.266 e. The SMILES string of the molecule is CCOc1cc(/C=C2\SC(=S)N(CC(C)C)C2=O)ccc1OCc1ccc(F)cc1. The van der Waals surface area contributed by atoms with Gasteiger partial charge in [0.25, 0.3) is 5.91 Å². The van der Waals surface area contributed by atoms with Crippen molar-refractivity contribution in [1.82, 2.24) is 4.90 Å². The number of rotatable bonds is 8. The summed E-state index contributed by atoms with van der Waals surface area (Å²) in [5, 5.41) is 0. The molecule has 1 fully saturated rings. The van der Waals surface area contributed by atoms with Crippen LogP contribution in [-0.4, -0.2) is 28.3 Å². The number of carbonyl (C=O) groups excluding carboxylic acids is 1. The first-order valence-electron chi connectivity index (χ1n) is 9.76. The maximum absolute atomic E-state index is 13.1. The van der Waals surface area contributed by atoms with Gasteiger partial charge in [-0.3, -0.25) is 9.69 Å². The fourth-order valence-corrected chi connectivity index (χ4v) is 4.19. The van der Waals surface area contributed by atoms with Gasteiger partial charge in [-0.2, -0.15) is 0 Å². The first kappa shape index (κ1) is 22.3. The van der Waals surface area contributed by atoms with Crippen molar-refractivity contribution in [3.8, 4) is 11.5 Å². The van der Waals surface area contributed by atoms with Crippen LogP contribution >= 0.6 is 24.0 Å². The summed E-state index contributed by atoms with van der Waals surface area (Å²) in [7, 11) is 0. The molecule has 1 amide bonds. The Bertz CT molecular complexity index is 957. The molecule has 1 aliphatic heterocycles. The van der Waals surface area contributed by atoms with Crippen molar-refractivity contribution < 1.29 is 18.7 Å². The zero-order valence-electron chi connectivity index (χ0n) is 17.2. The monoisotopic (exact) mass is 445 g/mol. The second-order valence-corrected chi connectivity index (χ2v) is 8.92. The molecule has 1 heterocycles. The van der Waals surface area contributed by atoms with Crippen LogP contribution in [0.5, 0.6) is 11.5 Å². The average Bonchev–Trinajstić information content (AvgIpc) is 2.96. The molecule has 0 aliphatic carbocycles. The van der Waals surface area contributed by atoms with E-state index in [0.717, 1.165) is 11.1 Å². The molecular weight excluding hydrogens is 421 g/mol. The fraction of sp³-hybridized carbons (Fsp3) is 0.304. The number of thioether (sulfide) groups is 1. The lowest BCUT2D eigenvalue weighted by Gasteiger charge is -2.16. The van der Waals surface area contributed by atoms with E-state index in [4.69, 9.17) is 21.7 Å². The van der Waals surface area contributed by atoms with Crippen LogP contribution in [0.3, 0.4) is 0 Å². The van der Waals surface area contributed by atoms with Crippen molar-refractivity contribution in [3.63, 3.8) is 0 Å². The van der Waals surface area contributed by atoms with E-state index in [1.54, 1.807) is 17.0 Å². The van der Waals surface area contributed by atoms with Gasteiger partial charge in [-0.05, 0) is 54.3 Å². The molecule has 7 heteroatoms. The summed E-state index contributed by atoms with van der Waals surface area (Å²) in [5.74, 6) is 1.18. The van der Waals surface area contributed by atoms with Gasteiger partial charge in [0.2, 0.25) is 0 Å². The summed E-state index contributed by atoms with van der Waals surface area (Å²) >= 11 is 6.68. The highest BCUT2D eigenvalue weighted by Gasteiger charge is 2.32. The molecule has 0 spiro atoms. The van der Waals surface area contributed by atoms with Crippen LogP contribution in [0.1, 0.15) is 31.9 Å². The van der Waals surface area contributed by atoms with Crippen LogP contribution in [0.4, 0.5) is 4.39 Å². The van der Waals surface area contributed by atoms with Gasteiger partial charge < -0.3 is 9.47 Å². The summed E-state index contributed by atoms with van der Waals surface area (Å²) in [5.41, 5.74) is 1.69. The summed E-state index contributed by atoms with van der Waals surface area (Å²) in [6, 6.07) is 11.7. The third-order valence-electron chi connectivity index (χ3n) is 4.29. The van der Waals surface area contributed by atoms with E-state index in [2.05, 4.69) is 13.8 Å². The van der Waals surface area contributed by atoms with Gasteiger partial charge in [0.15, 0.2) is 11.5 Å². The van der Waals surface area contributed by atoms with Gasteiger partial charge >= 0.3 is 0 Å². The molecule has 3 rings (SSSR count). The number of thiocarbonyl (C=S) groups is 1. The van der Waals surface area contributed by atoms with Gasteiger partial charge in [-0.25, -0.2) is 4.39 Å². The molecule has 1 aliphatic rings. The first-order chi connectivity index (χ1) is 14.4. The number of hydrogen-bond acceptors (Lipinski definition) is 5. The molecule has 2 aromatic rings. The lowest BCUT2D eigenvalue weighted by molar-refractivity contribution is -0.122. The van der Waals surface area contributed by atoms with Crippen LogP contribution in [0.25, 0.3) is 6.08 Å². The average molecular weight is 446 g/mol. The summed E-state index contributed by atoms with van der Waals surface area (Å²) in [6.45, 7) is 7.40. The minimum absolute atomic E-state index is 0.0618. The number of ether oxygens (including phenoxy) is 2. The van der Waals surface area contributed by atoms with Crippen LogP contribution in [0, 0.1) is 11.7 Å². The number of amides is 1. The molecule has 1 saturated heterocycles. The third kappa shape index (κ3) is 5.61. The lowest BCUT2D eigenvalue weighted by Crippen LogP contribution is -2.31. The minimum Gasteiger partial charge on any atom is -0.490 e. The molecule has 0 unspecified atom stereocenters. The quantitative estimate of drug-likeness (QED) is 0.387. The minimum atomic E-state index is -0.281. The number of hydrogen-bond donors (Lipinski definition) is 0. The van der Waals surface area contributed by atoms with Crippen LogP contribution in [-0.2, 0) is 11.4 Å². The number of nitrogens with zero attached hydrogens (tertiary/aromatic N) is 1. The lowest BCUT2D eigenvalue weighted by atomic mass is 10.1. The van der Waals surface area contributed by atoms with Gasteiger partial charge in [0.05, 0.1) is 11.5 Å². The zero-order chi connectivity index (χ0) is 21.7. The molecule has 158 valence electrons. The highest BCUT2D eigenvalue weighted by molar-refractivity contribution is 8.26. The normalized spacial score (nSPS) is 15.4. The molecule has 4 nitrogen and oxygen atoms in total. The van der Waals surface area contributed by atoms with Gasteiger partial charge in [0, 0.05) is 6.54 Å². The summed E-state index contributed by atoms with van der Waals surface area (Å²) in [6.07, 6.45) is 1.83.